The second kappa shape index (κ2) is 8.06. The molecule has 4 atom stereocenters. The van der Waals surface area contributed by atoms with E-state index in [0.29, 0.717) is 29.0 Å². The molecule has 3 rings (SSSR count). The van der Waals surface area contributed by atoms with Gasteiger partial charge in [-0.3, -0.25) is 4.79 Å². The number of methoxy groups -OCH3 is 2. The van der Waals surface area contributed by atoms with E-state index in [-0.39, 0.29) is 18.5 Å². The highest BCUT2D eigenvalue weighted by atomic mass is 16.5. The first-order valence-corrected chi connectivity index (χ1v) is 9.06. The molecule has 3 N–H and O–H groups in total. The number of amides is 1. The third-order valence-corrected chi connectivity index (χ3v) is 5.44. The zero-order chi connectivity index (χ0) is 17.8. The minimum Gasteiger partial charge on any atom is -0.497 e. The molecule has 0 bridgehead atoms. The van der Waals surface area contributed by atoms with Crippen molar-refractivity contribution in [3.05, 3.63) is 23.8 Å². The van der Waals surface area contributed by atoms with E-state index in [0.717, 1.165) is 12.8 Å². The Morgan fingerprint density at radius 3 is 2.84 bits per heavy atom. The van der Waals surface area contributed by atoms with Crippen molar-refractivity contribution >= 4 is 5.91 Å². The predicted octanol–water partition coefficient (Wildman–Crippen LogP) is 1.77. The van der Waals surface area contributed by atoms with Crippen molar-refractivity contribution in [3.8, 4) is 11.5 Å². The third kappa shape index (κ3) is 4.07. The summed E-state index contributed by atoms with van der Waals surface area (Å²) < 4.78 is 10.5. The smallest absolute Gasteiger partial charge is 0.237 e. The van der Waals surface area contributed by atoms with Crippen LogP contribution in [0, 0.1) is 5.92 Å². The zero-order valence-corrected chi connectivity index (χ0v) is 15.0. The molecular weight excluding hydrogens is 320 g/mol. The molecule has 0 aromatic heterocycles. The van der Waals surface area contributed by atoms with E-state index in [2.05, 4.69) is 10.6 Å². The molecule has 1 aromatic rings. The second-order valence-corrected chi connectivity index (χ2v) is 6.97. The van der Waals surface area contributed by atoms with Gasteiger partial charge in [-0.25, -0.2) is 0 Å². The number of carbonyl (C=O) groups excluding carboxylic acids is 1. The van der Waals surface area contributed by atoms with Crippen LogP contribution in [0.2, 0.25) is 0 Å². The van der Waals surface area contributed by atoms with E-state index >= 15 is 0 Å². The van der Waals surface area contributed by atoms with Crippen LogP contribution in [-0.2, 0) is 4.79 Å². The number of nitrogens with one attached hydrogen (secondary N) is 2. The topological polar surface area (TPSA) is 79.8 Å². The molecule has 2 fully saturated rings. The van der Waals surface area contributed by atoms with Crippen LogP contribution in [-0.4, -0.2) is 43.9 Å². The van der Waals surface area contributed by atoms with Gasteiger partial charge in [0.25, 0.3) is 0 Å². The van der Waals surface area contributed by atoms with Crippen LogP contribution in [0.5, 0.6) is 11.5 Å². The van der Waals surface area contributed by atoms with Gasteiger partial charge in [0, 0.05) is 18.2 Å². The summed E-state index contributed by atoms with van der Waals surface area (Å²) >= 11 is 0. The van der Waals surface area contributed by atoms with E-state index in [1.807, 2.05) is 0 Å². The standard InChI is InChI=1S/C19H28N2O4/c1-24-13-7-8-18(25-2)14(10-13)17(22)11-20-19(23)16-9-12-5-3-4-6-15(12)21-16/h7-8,10,12,15-17,21-22H,3-6,9,11H2,1-2H3,(H,20,23). The maximum atomic E-state index is 12.5. The molecule has 6 heteroatoms. The lowest BCUT2D eigenvalue weighted by Crippen LogP contribution is -2.44. The van der Waals surface area contributed by atoms with Gasteiger partial charge in [0.05, 0.1) is 26.4 Å². The fraction of sp³-hybridized carbons (Fsp3) is 0.632. The van der Waals surface area contributed by atoms with Crippen molar-refractivity contribution in [2.45, 2.75) is 50.3 Å². The summed E-state index contributed by atoms with van der Waals surface area (Å²) in [5, 5.41) is 16.8. The quantitative estimate of drug-likeness (QED) is 0.730. The van der Waals surface area contributed by atoms with Crippen LogP contribution in [0.25, 0.3) is 0 Å². The second-order valence-electron chi connectivity index (χ2n) is 6.97. The fourth-order valence-electron chi connectivity index (χ4n) is 4.05. The van der Waals surface area contributed by atoms with Crippen LogP contribution in [0.15, 0.2) is 18.2 Å². The highest BCUT2D eigenvalue weighted by Crippen LogP contribution is 2.33. The number of rotatable bonds is 6. The molecule has 138 valence electrons. The van der Waals surface area contributed by atoms with Crippen molar-refractivity contribution in [1.29, 1.82) is 0 Å². The number of ether oxygens (including phenoxy) is 2. The van der Waals surface area contributed by atoms with Crippen molar-refractivity contribution in [1.82, 2.24) is 10.6 Å². The van der Waals surface area contributed by atoms with Crippen LogP contribution in [0.3, 0.4) is 0 Å². The zero-order valence-electron chi connectivity index (χ0n) is 15.0. The first kappa shape index (κ1) is 18.0. The molecule has 1 amide bonds. The van der Waals surface area contributed by atoms with E-state index < -0.39 is 6.10 Å². The molecule has 1 aliphatic carbocycles. The van der Waals surface area contributed by atoms with Crippen LogP contribution in [0.1, 0.15) is 43.8 Å². The van der Waals surface area contributed by atoms with Gasteiger partial charge in [-0.2, -0.15) is 0 Å². The van der Waals surface area contributed by atoms with Gasteiger partial charge in [-0.15, -0.1) is 0 Å². The highest BCUT2D eigenvalue weighted by Gasteiger charge is 2.38. The van der Waals surface area contributed by atoms with Crippen LogP contribution < -0.4 is 20.1 Å². The molecule has 4 unspecified atom stereocenters. The minimum atomic E-state index is -0.849. The fourth-order valence-corrected chi connectivity index (χ4v) is 4.05. The summed E-state index contributed by atoms with van der Waals surface area (Å²) in [4.78, 5) is 12.5. The van der Waals surface area contributed by atoms with E-state index in [1.54, 1.807) is 32.4 Å². The number of aliphatic hydroxyl groups excluding tert-OH is 1. The Morgan fingerprint density at radius 1 is 1.32 bits per heavy atom. The van der Waals surface area contributed by atoms with Crippen molar-refractivity contribution in [2.24, 2.45) is 5.92 Å². The summed E-state index contributed by atoms with van der Waals surface area (Å²) in [5.41, 5.74) is 0.607. The average Bonchev–Trinajstić information content (AvgIpc) is 3.09. The molecular formula is C19H28N2O4. The average molecular weight is 348 g/mol. The van der Waals surface area contributed by atoms with Gasteiger partial charge in [-0.1, -0.05) is 12.8 Å². The molecule has 0 spiro atoms. The molecule has 1 aromatic carbocycles. The Bertz CT molecular complexity index is 593. The molecule has 1 aliphatic heterocycles. The molecule has 1 heterocycles. The number of aliphatic hydroxyl groups is 1. The largest absolute Gasteiger partial charge is 0.497 e. The number of benzene rings is 1. The Balaban J connectivity index is 1.57. The van der Waals surface area contributed by atoms with Gasteiger partial charge < -0.3 is 25.2 Å². The minimum absolute atomic E-state index is 0.0321. The molecule has 0 radical (unpaired) electrons. The molecule has 25 heavy (non-hydrogen) atoms. The van der Waals surface area contributed by atoms with Gasteiger partial charge in [0.2, 0.25) is 5.91 Å². The number of hydrogen-bond acceptors (Lipinski definition) is 5. The lowest BCUT2D eigenvalue weighted by atomic mass is 9.85. The molecule has 2 aliphatic rings. The van der Waals surface area contributed by atoms with Gasteiger partial charge in [-0.05, 0) is 43.4 Å². The first-order valence-electron chi connectivity index (χ1n) is 9.06. The maximum absolute atomic E-state index is 12.5. The number of hydrogen-bond donors (Lipinski definition) is 3. The van der Waals surface area contributed by atoms with Gasteiger partial charge >= 0.3 is 0 Å². The van der Waals surface area contributed by atoms with Gasteiger partial charge in [0.15, 0.2) is 0 Å². The van der Waals surface area contributed by atoms with E-state index in [1.165, 1.54) is 19.3 Å². The highest BCUT2D eigenvalue weighted by molar-refractivity contribution is 5.82. The van der Waals surface area contributed by atoms with Gasteiger partial charge in [0.1, 0.15) is 11.5 Å². The summed E-state index contributed by atoms with van der Waals surface area (Å²) in [6, 6.07) is 5.60. The number of fused-ring (bicyclic) bond motifs is 1. The first-order chi connectivity index (χ1) is 12.1. The predicted molar refractivity (Wildman–Crippen MR) is 94.8 cm³/mol. The SMILES string of the molecule is COc1ccc(OC)c(C(O)CNC(=O)C2CC3CCCCC3N2)c1. The molecule has 6 nitrogen and oxygen atoms in total. The Kier molecular flexibility index (Phi) is 5.81. The summed E-state index contributed by atoms with van der Waals surface area (Å²) in [7, 11) is 3.13. The van der Waals surface area contributed by atoms with Crippen molar-refractivity contribution < 1.29 is 19.4 Å². The summed E-state index contributed by atoms with van der Waals surface area (Å²) in [6.45, 7) is 0.149. The summed E-state index contributed by atoms with van der Waals surface area (Å²) in [5.74, 6) is 1.80. The van der Waals surface area contributed by atoms with Crippen LogP contribution in [0.4, 0.5) is 0 Å². The Labute approximate surface area is 148 Å². The van der Waals surface area contributed by atoms with E-state index in [4.69, 9.17) is 9.47 Å². The van der Waals surface area contributed by atoms with Crippen LogP contribution >= 0.6 is 0 Å². The normalized spacial score (nSPS) is 26.6. The lowest BCUT2D eigenvalue weighted by Gasteiger charge is -2.24. The Hall–Kier alpha value is -1.79. The molecule has 1 saturated carbocycles. The third-order valence-electron chi connectivity index (χ3n) is 5.44. The summed E-state index contributed by atoms with van der Waals surface area (Å²) in [6.07, 6.45) is 4.94. The Morgan fingerprint density at radius 2 is 2.12 bits per heavy atom. The van der Waals surface area contributed by atoms with Crippen molar-refractivity contribution in [3.63, 3.8) is 0 Å². The number of carbonyl (C=O) groups is 1. The van der Waals surface area contributed by atoms with E-state index in [9.17, 15) is 9.90 Å². The molecule has 1 saturated heterocycles. The monoisotopic (exact) mass is 348 g/mol. The maximum Gasteiger partial charge on any atom is 0.237 e. The lowest BCUT2D eigenvalue weighted by molar-refractivity contribution is -0.123. The van der Waals surface area contributed by atoms with Crippen molar-refractivity contribution in [2.75, 3.05) is 20.8 Å².